The molecule has 5 nitrogen and oxygen atoms in total. The summed E-state index contributed by atoms with van der Waals surface area (Å²) in [5.74, 6) is -1.74. The molecule has 0 heterocycles. The lowest BCUT2D eigenvalue weighted by Crippen LogP contribution is -2.32. The standard InChI is InChI=1S/C13H18FNO4S/c1-13(2,3)20(17,18)5-4-19-12(16)9-6-10(14)8-11(15)7-9/h6-8H,4-5,15H2,1-3H3. The predicted octanol–water partition coefficient (Wildman–Crippen LogP) is 1.78. The first-order valence-corrected chi connectivity index (χ1v) is 7.64. The lowest BCUT2D eigenvalue weighted by molar-refractivity contribution is 0.0528. The number of hydrogen-bond acceptors (Lipinski definition) is 5. The molecule has 0 saturated carbocycles. The number of halogens is 1. The fourth-order valence-corrected chi connectivity index (χ4v) is 2.28. The molecule has 1 aromatic rings. The van der Waals surface area contributed by atoms with Crippen molar-refractivity contribution >= 4 is 21.5 Å². The van der Waals surface area contributed by atoms with Gasteiger partial charge in [-0.2, -0.15) is 0 Å². The maximum atomic E-state index is 13.1. The van der Waals surface area contributed by atoms with Crippen LogP contribution in [0, 0.1) is 5.82 Å². The molecule has 0 fully saturated rings. The summed E-state index contributed by atoms with van der Waals surface area (Å²) < 4.78 is 40.6. The quantitative estimate of drug-likeness (QED) is 0.677. The number of ether oxygens (including phenoxy) is 1. The van der Waals surface area contributed by atoms with Gasteiger partial charge in [0.15, 0.2) is 9.84 Å². The highest BCUT2D eigenvalue weighted by molar-refractivity contribution is 7.92. The molecule has 0 bridgehead atoms. The van der Waals surface area contributed by atoms with Crippen LogP contribution in [0.5, 0.6) is 0 Å². The second kappa shape index (κ2) is 5.78. The second-order valence-electron chi connectivity index (χ2n) is 5.34. The Morgan fingerprint density at radius 1 is 1.30 bits per heavy atom. The SMILES string of the molecule is CC(C)(C)S(=O)(=O)CCOC(=O)c1cc(N)cc(F)c1. The lowest BCUT2D eigenvalue weighted by Gasteiger charge is -2.18. The third-order valence-corrected chi connectivity index (χ3v) is 5.24. The molecule has 0 amide bonds. The largest absolute Gasteiger partial charge is 0.461 e. The van der Waals surface area contributed by atoms with E-state index in [1.807, 2.05) is 0 Å². The van der Waals surface area contributed by atoms with Gasteiger partial charge in [-0.1, -0.05) is 0 Å². The van der Waals surface area contributed by atoms with Crippen LogP contribution in [0.25, 0.3) is 0 Å². The van der Waals surface area contributed by atoms with Gasteiger partial charge in [-0.15, -0.1) is 0 Å². The first-order valence-electron chi connectivity index (χ1n) is 5.98. The molecule has 0 aliphatic rings. The number of esters is 1. The van der Waals surface area contributed by atoms with E-state index in [0.29, 0.717) is 0 Å². The Morgan fingerprint density at radius 2 is 1.90 bits per heavy atom. The molecular weight excluding hydrogens is 285 g/mol. The molecule has 0 atom stereocenters. The van der Waals surface area contributed by atoms with E-state index in [1.165, 1.54) is 6.07 Å². The van der Waals surface area contributed by atoms with Gasteiger partial charge >= 0.3 is 5.97 Å². The Kier molecular flexibility index (Phi) is 4.75. The van der Waals surface area contributed by atoms with Crippen molar-refractivity contribution in [1.29, 1.82) is 0 Å². The topological polar surface area (TPSA) is 86.5 Å². The summed E-state index contributed by atoms with van der Waals surface area (Å²) >= 11 is 0. The van der Waals surface area contributed by atoms with Crippen LogP contribution in [0.2, 0.25) is 0 Å². The molecule has 20 heavy (non-hydrogen) atoms. The van der Waals surface area contributed by atoms with E-state index in [9.17, 15) is 17.6 Å². The second-order valence-corrected chi connectivity index (χ2v) is 8.20. The molecule has 1 rings (SSSR count). The zero-order valence-electron chi connectivity index (χ0n) is 11.6. The third-order valence-electron chi connectivity index (χ3n) is 2.67. The van der Waals surface area contributed by atoms with Crippen molar-refractivity contribution in [1.82, 2.24) is 0 Å². The average molecular weight is 303 g/mol. The van der Waals surface area contributed by atoms with Crippen molar-refractivity contribution in [3.05, 3.63) is 29.6 Å². The van der Waals surface area contributed by atoms with Crippen LogP contribution in [0.15, 0.2) is 18.2 Å². The van der Waals surface area contributed by atoms with Crippen LogP contribution < -0.4 is 5.73 Å². The molecule has 0 saturated heterocycles. The van der Waals surface area contributed by atoms with Gasteiger partial charge < -0.3 is 10.5 Å². The number of benzene rings is 1. The highest BCUT2D eigenvalue weighted by Crippen LogP contribution is 2.16. The Morgan fingerprint density at radius 3 is 2.40 bits per heavy atom. The van der Waals surface area contributed by atoms with Crippen LogP contribution in [0.4, 0.5) is 10.1 Å². The summed E-state index contributed by atoms with van der Waals surface area (Å²) in [5.41, 5.74) is 5.46. The highest BCUT2D eigenvalue weighted by Gasteiger charge is 2.28. The van der Waals surface area contributed by atoms with Gasteiger partial charge in [0.25, 0.3) is 0 Å². The molecule has 0 spiro atoms. The lowest BCUT2D eigenvalue weighted by atomic mass is 10.2. The number of nitrogen functional groups attached to an aromatic ring is 1. The van der Waals surface area contributed by atoms with Gasteiger partial charge in [-0.3, -0.25) is 0 Å². The van der Waals surface area contributed by atoms with E-state index in [1.54, 1.807) is 20.8 Å². The van der Waals surface area contributed by atoms with Gasteiger partial charge in [-0.05, 0) is 39.0 Å². The summed E-state index contributed by atoms with van der Waals surface area (Å²) in [7, 11) is -3.37. The van der Waals surface area contributed by atoms with Crippen LogP contribution in [0.1, 0.15) is 31.1 Å². The normalized spacial score (nSPS) is 12.2. The van der Waals surface area contributed by atoms with E-state index >= 15 is 0 Å². The Balaban J connectivity index is 2.65. The third kappa shape index (κ3) is 4.19. The molecule has 112 valence electrons. The predicted molar refractivity (Wildman–Crippen MR) is 74.6 cm³/mol. The first kappa shape index (κ1) is 16.4. The van der Waals surface area contributed by atoms with Crippen molar-refractivity contribution in [3.8, 4) is 0 Å². The fourth-order valence-electron chi connectivity index (χ4n) is 1.36. The maximum absolute atomic E-state index is 13.1. The Bertz CT molecular complexity index is 585. The van der Waals surface area contributed by atoms with Crippen molar-refractivity contribution in [3.63, 3.8) is 0 Å². The van der Waals surface area contributed by atoms with E-state index in [0.717, 1.165) is 12.1 Å². The molecule has 0 radical (unpaired) electrons. The minimum atomic E-state index is -3.37. The summed E-state index contributed by atoms with van der Waals surface area (Å²) in [6.45, 7) is 4.42. The average Bonchev–Trinajstić information content (AvgIpc) is 2.25. The Labute approximate surface area is 117 Å². The molecule has 0 unspecified atom stereocenters. The van der Waals surface area contributed by atoms with Crippen molar-refractivity contribution in [2.24, 2.45) is 0 Å². The minimum Gasteiger partial charge on any atom is -0.461 e. The van der Waals surface area contributed by atoms with Gasteiger partial charge in [0, 0.05) is 5.69 Å². The van der Waals surface area contributed by atoms with E-state index in [4.69, 9.17) is 10.5 Å². The van der Waals surface area contributed by atoms with Gasteiger partial charge in [0.2, 0.25) is 0 Å². The molecule has 7 heteroatoms. The number of hydrogen-bond donors (Lipinski definition) is 1. The van der Waals surface area contributed by atoms with E-state index in [2.05, 4.69) is 0 Å². The fraction of sp³-hybridized carbons (Fsp3) is 0.462. The molecule has 0 aliphatic carbocycles. The molecule has 0 aromatic heterocycles. The monoisotopic (exact) mass is 303 g/mol. The Hall–Kier alpha value is -1.63. The zero-order chi connectivity index (χ0) is 15.6. The summed E-state index contributed by atoms with van der Waals surface area (Å²) in [6, 6.07) is 3.32. The highest BCUT2D eigenvalue weighted by atomic mass is 32.2. The zero-order valence-corrected chi connectivity index (χ0v) is 12.5. The summed E-state index contributed by atoms with van der Waals surface area (Å²) in [4.78, 5) is 11.6. The number of sulfone groups is 1. The molecule has 1 aromatic carbocycles. The van der Waals surface area contributed by atoms with Crippen molar-refractivity contribution in [2.75, 3.05) is 18.1 Å². The van der Waals surface area contributed by atoms with Crippen molar-refractivity contribution in [2.45, 2.75) is 25.5 Å². The van der Waals surface area contributed by atoms with E-state index in [-0.39, 0.29) is 23.6 Å². The molecule has 2 N–H and O–H groups in total. The number of anilines is 1. The van der Waals surface area contributed by atoms with Crippen LogP contribution in [-0.4, -0.2) is 31.5 Å². The number of carbonyl (C=O) groups excluding carboxylic acids is 1. The molecule has 0 aliphatic heterocycles. The maximum Gasteiger partial charge on any atom is 0.338 e. The first-order chi connectivity index (χ1) is 9.03. The van der Waals surface area contributed by atoms with Gasteiger partial charge in [0.1, 0.15) is 12.4 Å². The minimum absolute atomic E-state index is 0.0457. The summed E-state index contributed by atoms with van der Waals surface area (Å²) in [6.07, 6.45) is 0. The van der Waals surface area contributed by atoms with Crippen LogP contribution in [-0.2, 0) is 14.6 Å². The van der Waals surface area contributed by atoms with Gasteiger partial charge in [-0.25, -0.2) is 17.6 Å². The van der Waals surface area contributed by atoms with Crippen molar-refractivity contribution < 1.29 is 22.3 Å². The number of nitrogens with two attached hydrogens (primary N) is 1. The smallest absolute Gasteiger partial charge is 0.338 e. The molecular formula is C13H18FNO4S. The van der Waals surface area contributed by atoms with Crippen LogP contribution >= 0.6 is 0 Å². The van der Waals surface area contributed by atoms with E-state index < -0.39 is 26.4 Å². The number of rotatable bonds is 4. The number of carbonyl (C=O) groups is 1. The summed E-state index contributed by atoms with van der Waals surface area (Å²) in [5, 5.41) is 0. The van der Waals surface area contributed by atoms with Crippen LogP contribution in [0.3, 0.4) is 0 Å². The van der Waals surface area contributed by atoms with Gasteiger partial charge in [0.05, 0.1) is 16.1 Å².